The lowest BCUT2D eigenvalue weighted by molar-refractivity contribution is -0.143. The smallest absolute Gasteiger partial charge is 0.319 e. The molecule has 0 bridgehead atoms. The summed E-state index contributed by atoms with van der Waals surface area (Å²) in [6.07, 6.45) is 0.814. The third-order valence-electron chi connectivity index (χ3n) is 1.84. The van der Waals surface area contributed by atoms with Crippen molar-refractivity contribution >= 4 is 28.6 Å². The van der Waals surface area contributed by atoms with E-state index in [1.807, 2.05) is 37.3 Å². The number of carbonyl (C=O) groups is 1. The van der Waals surface area contributed by atoms with E-state index in [-0.39, 0.29) is 9.89 Å². The average Bonchev–Trinajstić information content (AvgIpc) is 2.26. The van der Waals surface area contributed by atoms with Crippen molar-refractivity contribution in [2.75, 3.05) is 0 Å². The molecule has 1 unspecified atom stereocenters. The van der Waals surface area contributed by atoms with E-state index in [0.717, 1.165) is 12.0 Å². The molecule has 2 nitrogen and oxygen atoms in total. The molecule has 0 fully saturated rings. The zero-order valence-corrected chi connectivity index (χ0v) is 10.2. The van der Waals surface area contributed by atoms with Crippen LogP contribution in [0.5, 0.6) is 0 Å². The van der Waals surface area contributed by atoms with Crippen molar-refractivity contribution in [3.8, 4) is 0 Å². The number of hydrogen-bond acceptors (Lipinski definition) is 2. The molecule has 1 aromatic rings. The van der Waals surface area contributed by atoms with E-state index < -0.39 is 0 Å². The molecule has 0 saturated carbocycles. The summed E-state index contributed by atoms with van der Waals surface area (Å²) in [4.78, 5) is 11.3. The third kappa shape index (κ3) is 3.65. The van der Waals surface area contributed by atoms with Gasteiger partial charge in [-0.3, -0.25) is 4.79 Å². The van der Waals surface area contributed by atoms with Gasteiger partial charge in [0.05, 0.1) is 0 Å². The number of alkyl halides is 1. The van der Waals surface area contributed by atoms with Gasteiger partial charge in [-0.05, 0) is 12.0 Å². The van der Waals surface area contributed by atoms with Crippen LogP contribution in [0.1, 0.15) is 18.9 Å². The summed E-state index contributed by atoms with van der Waals surface area (Å²) in [7, 11) is 0. The molecule has 0 spiro atoms. The van der Waals surface area contributed by atoms with Crippen LogP contribution in [0.15, 0.2) is 30.3 Å². The summed E-state index contributed by atoms with van der Waals surface area (Å²) < 4.78 is 5.10. The van der Waals surface area contributed by atoms with Gasteiger partial charge in [0.15, 0.2) is 0 Å². The van der Waals surface area contributed by atoms with Crippen molar-refractivity contribution < 1.29 is 9.53 Å². The van der Waals surface area contributed by atoms with Crippen LogP contribution in [0.2, 0.25) is 0 Å². The summed E-state index contributed by atoms with van der Waals surface area (Å²) in [6, 6.07) is 9.70. The van der Waals surface area contributed by atoms with Crippen LogP contribution in [-0.4, -0.2) is 9.89 Å². The van der Waals surface area contributed by atoms with E-state index >= 15 is 0 Å². The topological polar surface area (TPSA) is 26.3 Å². The van der Waals surface area contributed by atoms with E-state index in [2.05, 4.69) is 22.6 Å². The first kappa shape index (κ1) is 11.5. The highest BCUT2D eigenvalue weighted by Crippen LogP contribution is 2.09. The second-order valence-corrected chi connectivity index (χ2v) is 4.47. The molecule has 0 aliphatic carbocycles. The maximum absolute atomic E-state index is 11.3. The van der Waals surface area contributed by atoms with Crippen LogP contribution in [0, 0.1) is 0 Å². The zero-order valence-electron chi connectivity index (χ0n) is 8.07. The summed E-state index contributed by atoms with van der Waals surface area (Å²) >= 11 is 2.10. The van der Waals surface area contributed by atoms with Gasteiger partial charge in [0, 0.05) is 0 Å². The van der Waals surface area contributed by atoms with Crippen LogP contribution >= 0.6 is 22.6 Å². The Morgan fingerprint density at radius 2 is 2.07 bits per heavy atom. The molecule has 0 aromatic heterocycles. The van der Waals surface area contributed by atoms with Gasteiger partial charge >= 0.3 is 5.97 Å². The number of esters is 1. The maximum atomic E-state index is 11.3. The second kappa shape index (κ2) is 6.01. The van der Waals surface area contributed by atoms with Crippen LogP contribution in [0.4, 0.5) is 0 Å². The highest BCUT2D eigenvalue weighted by atomic mass is 127. The first-order chi connectivity index (χ1) is 6.74. The molecular weight excluding hydrogens is 291 g/mol. The number of rotatable bonds is 4. The molecule has 1 atom stereocenters. The molecule has 76 valence electrons. The monoisotopic (exact) mass is 304 g/mol. The Morgan fingerprint density at radius 1 is 1.43 bits per heavy atom. The molecule has 1 rings (SSSR count). The van der Waals surface area contributed by atoms with Gasteiger partial charge in [0.1, 0.15) is 10.5 Å². The fourth-order valence-corrected chi connectivity index (χ4v) is 1.17. The fraction of sp³-hybridized carbons (Fsp3) is 0.364. The van der Waals surface area contributed by atoms with Crippen LogP contribution < -0.4 is 0 Å². The molecule has 0 saturated heterocycles. The lowest BCUT2D eigenvalue weighted by atomic mass is 10.2. The molecule has 0 radical (unpaired) electrons. The van der Waals surface area contributed by atoms with Crippen LogP contribution in [0.25, 0.3) is 0 Å². The molecule has 0 N–H and O–H groups in total. The Bertz CT molecular complexity index is 285. The van der Waals surface area contributed by atoms with Crippen molar-refractivity contribution in [1.82, 2.24) is 0 Å². The quantitative estimate of drug-likeness (QED) is 0.486. The number of benzene rings is 1. The van der Waals surface area contributed by atoms with Crippen molar-refractivity contribution in [1.29, 1.82) is 0 Å². The number of hydrogen-bond donors (Lipinski definition) is 0. The first-order valence-electron chi connectivity index (χ1n) is 4.58. The van der Waals surface area contributed by atoms with E-state index in [1.54, 1.807) is 0 Å². The second-order valence-electron chi connectivity index (χ2n) is 2.97. The van der Waals surface area contributed by atoms with Crippen molar-refractivity contribution in [3.05, 3.63) is 35.9 Å². The average molecular weight is 304 g/mol. The molecule has 3 heteroatoms. The lowest BCUT2D eigenvalue weighted by Gasteiger charge is -2.07. The van der Waals surface area contributed by atoms with Crippen LogP contribution in [0.3, 0.4) is 0 Å². The number of halogens is 1. The standard InChI is InChI=1S/C11H13IO2/c1-2-10(12)11(13)14-8-9-6-4-3-5-7-9/h3-7,10H,2,8H2,1H3. The van der Waals surface area contributed by atoms with E-state index in [0.29, 0.717) is 6.61 Å². The van der Waals surface area contributed by atoms with Gasteiger partial charge in [-0.15, -0.1) is 0 Å². The van der Waals surface area contributed by atoms with Crippen molar-refractivity contribution in [2.45, 2.75) is 23.9 Å². The van der Waals surface area contributed by atoms with Crippen molar-refractivity contribution in [3.63, 3.8) is 0 Å². The Kier molecular flexibility index (Phi) is 4.93. The maximum Gasteiger partial charge on any atom is 0.319 e. The van der Waals surface area contributed by atoms with E-state index in [1.165, 1.54) is 0 Å². The van der Waals surface area contributed by atoms with E-state index in [9.17, 15) is 4.79 Å². The first-order valence-corrected chi connectivity index (χ1v) is 5.83. The summed E-state index contributed by atoms with van der Waals surface area (Å²) in [5, 5.41) is 0. The minimum atomic E-state index is -0.128. The van der Waals surface area contributed by atoms with Gasteiger partial charge in [-0.2, -0.15) is 0 Å². The predicted molar refractivity (Wildman–Crippen MR) is 64.3 cm³/mol. The Labute approximate surface area is 97.8 Å². The predicted octanol–water partition coefficient (Wildman–Crippen LogP) is 2.94. The minimum absolute atomic E-state index is 0.0312. The molecular formula is C11H13IO2. The number of carbonyl (C=O) groups excluding carboxylic acids is 1. The minimum Gasteiger partial charge on any atom is -0.460 e. The normalized spacial score (nSPS) is 12.1. The fourth-order valence-electron chi connectivity index (χ4n) is 0.986. The Hall–Kier alpha value is -0.580. The Balaban J connectivity index is 2.38. The highest BCUT2D eigenvalue weighted by molar-refractivity contribution is 14.1. The summed E-state index contributed by atoms with van der Waals surface area (Å²) in [5.41, 5.74) is 1.03. The third-order valence-corrected chi connectivity index (χ3v) is 3.23. The molecule has 0 amide bonds. The van der Waals surface area contributed by atoms with E-state index in [4.69, 9.17) is 4.74 Å². The molecule has 0 aliphatic heterocycles. The number of ether oxygens (including phenoxy) is 1. The lowest BCUT2D eigenvalue weighted by Crippen LogP contribution is -2.16. The molecule has 1 aromatic carbocycles. The zero-order chi connectivity index (χ0) is 10.4. The van der Waals surface area contributed by atoms with Gasteiger partial charge in [-0.1, -0.05) is 59.8 Å². The highest BCUT2D eigenvalue weighted by Gasteiger charge is 2.13. The van der Waals surface area contributed by atoms with Gasteiger partial charge < -0.3 is 4.74 Å². The molecule has 0 heterocycles. The van der Waals surface area contributed by atoms with Gasteiger partial charge in [0.2, 0.25) is 0 Å². The Morgan fingerprint density at radius 3 is 2.64 bits per heavy atom. The summed E-state index contributed by atoms with van der Waals surface area (Å²) in [5.74, 6) is -0.128. The molecule has 0 aliphatic rings. The van der Waals surface area contributed by atoms with Gasteiger partial charge in [-0.25, -0.2) is 0 Å². The SMILES string of the molecule is CCC(I)C(=O)OCc1ccccc1. The van der Waals surface area contributed by atoms with Gasteiger partial charge in [0.25, 0.3) is 0 Å². The largest absolute Gasteiger partial charge is 0.460 e. The van der Waals surface area contributed by atoms with Crippen molar-refractivity contribution in [2.24, 2.45) is 0 Å². The van der Waals surface area contributed by atoms with Crippen LogP contribution in [-0.2, 0) is 16.1 Å². The summed E-state index contributed by atoms with van der Waals surface area (Å²) in [6.45, 7) is 2.35. The molecule has 14 heavy (non-hydrogen) atoms.